The molecular weight excluding hydrogens is 246 g/mol. The van der Waals surface area contributed by atoms with Crippen LogP contribution >= 0.6 is 0 Å². The van der Waals surface area contributed by atoms with E-state index in [2.05, 4.69) is 0 Å². The molecule has 0 saturated carbocycles. The molecule has 1 amide bonds. The van der Waals surface area contributed by atoms with Crippen LogP contribution in [-0.4, -0.2) is 36.5 Å². The highest BCUT2D eigenvalue weighted by atomic mass is 16.5. The van der Waals surface area contributed by atoms with E-state index in [-0.39, 0.29) is 17.8 Å². The van der Waals surface area contributed by atoms with Crippen molar-refractivity contribution in [1.82, 2.24) is 4.90 Å². The molecule has 0 spiro atoms. The second-order valence-electron chi connectivity index (χ2n) is 4.73. The Hall–Kier alpha value is -1.78. The highest BCUT2D eigenvalue weighted by Gasteiger charge is 2.30. The number of piperidine rings is 1. The lowest BCUT2D eigenvalue weighted by Crippen LogP contribution is -2.42. The van der Waals surface area contributed by atoms with E-state index in [4.69, 9.17) is 9.15 Å². The summed E-state index contributed by atoms with van der Waals surface area (Å²) in [5.41, 5.74) is 0.574. The first-order valence-corrected chi connectivity index (χ1v) is 6.63. The third-order valence-corrected chi connectivity index (χ3v) is 3.42. The number of rotatable bonds is 3. The molecule has 1 saturated heterocycles. The Bertz CT molecular complexity index is 466. The minimum absolute atomic E-state index is 0.0692. The zero-order chi connectivity index (χ0) is 13.8. The second kappa shape index (κ2) is 5.91. The SMILES string of the molecule is CCOC(=O)C1CCCN(C(=O)c2ccoc2C)C1. The van der Waals surface area contributed by atoms with Gasteiger partial charge in [-0.3, -0.25) is 9.59 Å². The third-order valence-electron chi connectivity index (χ3n) is 3.42. The maximum Gasteiger partial charge on any atom is 0.310 e. The number of ether oxygens (including phenoxy) is 1. The summed E-state index contributed by atoms with van der Waals surface area (Å²) in [6.07, 6.45) is 3.12. The Morgan fingerprint density at radius 3 is 2.95 bits per heavy atom. The predicted molar refractivity (Wildman–Crippen MR) is 68.7 cm³/mol. The number of amides is 1. The molecule has 19 heavy (non-hydrogen) atoms. The minimum Gasteiger partial charge on any atom is -0.469 e. The first kappa shape index (κ1) is 13.6. The number of esters is 1. The van der Waals surface area contributed by atoms with Gasteiger partial charge >= 0.3 is 5.97 Å². The molecule has 1 aromatic heterocycles. The third kappa shape index (κ3) is 2.97. The standard InChI is InChI=1S/C14H19NO4/c1-3-18-14(17)11-5-4-7-15(9-11)13(16)12-6-8-19-10(12)2/h6,8,11H,3-5,7,9H2,1-2H3. The van der Waals surface area contributed by atoms with Crippen molar-refractivity contribution in [2.75, 3.05) is 19.7 Å². The van der Waals surface area contributed by atoms with Gasteiger partial charge in [0.25, 0.3) is 5.91 Å². The molecule has 0 aromatic carbocycles. The minimum atomic E-state index is -0.205. The zero-order valence-corrected chi connectivity index (χ0v) is 11.3. The fraction of sp³-hybridized carbons (Fsp3) is 0.571. The molecule has 1 fully saturated rings. The van der Waals surface area contributed by atoms with Gasteiger partial charge in [0.2, 0.25) is 0 Å². The maximum atomic E-state index is 12.3. The van der Waals surface area contributed by atoms with E-state index in [1.165, 1.54) is 6.26 Å². The molecule has 0 aliphatic carbocycles. The van der Waals surface area contributed by atoms with Crippen molar-refractivity contribution in [3.63, 3.8) is 0 Å². The summed E-state index contributed by atoms with van der Waals surface area (Å²) < 4.78 is 10.2. The average molecular weight is 265 g/mol. The van der Waals surface area contributed by atoms with Gasteiger partial charge in [-0.05, 0) is 32.8 Å². The number of hydrogen-bond donors (Lipinski definition) is 0. The molecule has 0 bridgehead atoms. The molecule has 1 aliphatic heterocycles. The molecule has 0 N–H and O–H groups in total. The van der Waals surface area contributed by atoms with Gasteiger partial charge < -0.3 is 14.1 Å². The number of likely N-dealkylation sites (tertiary alicyclic amines) is 1. The van der Waals surface area contributed by atoms with Crippen molar-refractivity contribution in [2.45, 2.75) is 26.7 Å². The lowest BCUT2D eigenvalue weighted by atomic mass is 9.97. The van der Waals surface area contributed by atoms with Crippen LogP contribution in [0.25, 0.3) is 0 Å². The smallest absolute Gasteiger partial charge is 0.310 e. The molecule has 1 atom stereocenters. The summed E-state index contributed by atoms with van der Waals surface area (Å²) in [5, 5.41) is 0. The van der Waals surface area contributed by atoms with Gasteiger partial charge in [0.05, 0.1) is 24.4 Å². The number of carbonyl (C=O) groups excluding carboxylic acids is 2. The number of hydrogen-bond acceptors (Lipinski definition) is 4. The van der Waals surface area contributed by atoms with Gasteiger partial charge in [-0.15, -0.1) is 0 Å². The largest absolute Gasteiger partial charge is 0.469 e. The van der Waals surface area contributed by atoms with Crippen LogP contribution in [0.4, 0.5) is 0 Å². The normalized spacial score (nSPS) is 19.3. The summed E-state index contributed by atoms with van der Waals surface area (Å²) in [6.45, 7) is 5.05. The maximum absolute atomic E-state index is 12.3. The quantitative estimate of drug-likeness (QED) is 0.784. The van der Waals surface area contributed by atoms with E-state index in [1.807, 2.05) is 0 Å². The molecule has 2 rings (SSSR count). The Balaban J connectivity index is 2.03. The molecule has 5 nitrogen and oxygen atoms in total. The van der Waals surface area contributed by atoms with Crippen LogP contribution < -0.4 is 0 Å². The number of furan rings is 1. The van der Waals surface area contributed by atoms with Crippen molar-refractivity contribution in [2.24, 2.45) is 5.92 Å². The molecule has 1 aromatic rings. The van der Waals surface area contributed by atoms with Crippen LogP contribution in [0.3, 0.4) is 0 Å². The Kier molecular flexibility index (Phi) is 4.24. The van der Waals surface area contributed by atoms with Crippen molar-refractivity contribution in [3.8, 4) is 0 Å². The van der Waals surface area contributed by atoms with Crippen LogP contribution in [-0.2, 0) is 9.53 Å². The van der Waals surface area contributed by atoms with E-state index < -0.39 is 0 Å². The summed E-state index contributed by atoms with van der Waals surface area (Å²) in [4.78, 5) is 25.8. The van der Waals surface area contributed by atoms with Crippen LogP contribution in [0.5, 0.6) is 0 Å². The second-order valence-corrected chi connectivity index (χ2v) is 4.73. The van der Waals surface area contributed by atoms with Crippen LogP contribution in [0, 0.1) is 12.8 Å². The molecule has 5 heteroatoms. The highest BCUT2D eigenvalue weighted by Crippen LogP contribution is 2.21. The Morgan fingerprint density at radius 1 is 1.53 bits per heavy atom. The number of aryl methyl sites for hydroxylation is 1. The summed E-state index contributed by atoms with van der Waals surface area (Å²) in [7, 11) is 0. The number of nitrogens with zero attached hydrogens (tertiary/aromatic N) is 1. The lowest BCUT2D eigenvalue weighted by molar-refractivity contribution is -0.149. The van der Waals surface area contributed by atoms with Gasteiger partial charge in [-0.1, -0.05) is 0 Å². The molecule has 0 radical (unpaired) electrons. The molecule has 104 valence electrons. The molecule has 2 heterocycles. The van der Waals surface area contributed by atoms with Crippen LogP contribution in [0.1, 0.15) is 35.9 Å². The summed E-state index contributed by atoms with van der Waals surface area (Å²) in [5.74, 6) is 0.136. The van der Waals surface area contributed by atoms with Gasteiger partial charge in [-0.2, -0.15) is 0 Å². The topological polar surface area (TPSA) is 59.8 Å². The zero-order valence-electron chi connectivity index (χ0n) is 11.3. The fourth-order valence-corrected chi connectivity index (χ4v) is 2.39. The van der Waals surface area contributed by atoms with Gasteiger partial charge in [0.15, 0.2) is 0 Å². The van der Waals surface area contributed by atoms with E-state index >= 15 is 0 Å². The highest BCUT2D eigenvalue weighted by molar-refractivity contribution is 5.95. The fourth-order valence-electron chi connectivity index (χ4n) is 2.39. The van der Waals surface area contributed by atoms with E-state index in [1.54, 1.807) is 24.8 Å². The predicted octanol–water partition coefficient (Wildman–Crippen LogP) is 2.00. The van der Waals surface area contributed by atoms with Crippen LogP contribution in [0.2, 0.25) is 0 Å². The van der Waals surface area contributed by atoms with Crippen molar-refractivity contribution in [3.05, 3.63) is 23.7 Å². The van der Waals surface area contributed by atoms with Gasteiger partial charge in [0, 0.05) is 13.1 Å². The Morgan fingerprint density at radius 2 is 2.32 bits per heavy atom. The average Bonchev–Trinajstić information content (AvgIpc) is 2.84. The molecule has 1 aliphatic rings. The van der Waals surface area contributed by atoms with Crippen molar-refractivity contribution >= 4 is 11.9 Å². The van der Waals surface area contributed by atoms with E-state index in [9.17, 15) is 9.59 Å². The van der Waals surface area contributed by atoms with Crippen molar-refractivity contribution < 1.29 is 18.7 Å². The monoisotopic (exact) mass is 265 g/mol. The van der Waals surface area contributed by atoms with Gasteiger partial charge in [0.1, 0.15) is 5.76 Å². The van der Waals surface area contributed by atoms with Crippen molar-refractivity contribution in [1.29, 1.82) is 0 Å². The van der Waals surface area contributed by atoms with E-state index in [0.717, 1.165) is 12.8 Å². The molecular formula is C14H19NO4. The van der Waals surface area contributed by atoms with Gasteiger partial charge in [-0.25, -0.2) is 0 Å². The lowest BCUT2D eigenvalue weighted by Gasteiger charge is -2.31. The Labute approximate surface area is 112 Å². The first-order chi connectivity index (χ1) is 9.13. The first-order valence-electron chi connectivity index (χ1n) is 6.63. The summed E-state index contributed by atoms with van der Waals surface area (Å²) >= 11 is 0. The summed E-state index contributed by atoms with van der Waals surface area (Å²) in [6, 6.07) is 1.67. The number of carbonyl (C=O) groups is 2. The van der Waals surface area contributed by atoms with Crippen LogP contribution in [0.15, 0.2) is 16.7 Å². The molecule has 1 unspecified atom stereocenters. The van der Waals surface area contributed by atoms with E-state index in [0.29, 0.717) is 31.0 Å².